The number of nitrogens with one attached hydrogen (secondary N) is 1. The van der Waals surface area contributed by atoms with E-state index in [2.05, 4.69) is 26.5 Å². The number of hydrogen-bond acceptors (Lipinski definition) is 6. The van der Waals surface area contributed by atoms with E-state index < -0.39 is 0 Å². The molecule has 0 unspecified atom stereocenters. The van der Waals surface area contributed by atoms with Gasteiger partial charge in [-0.3, -0.25) is 9.59 Å². The molecule has 0 atom stereocenters. The summed E-state index contributed by atoms with van der Waals surface area (Å²) in [6, 6.07) is 7.01. The number of hydrogen-bond donors (Lipinski definition) is 1. The molecule has 0 aliphatic carbocycles. The first-order valence-electron chi connectivity index (χ1n) is 8.08. The molecule has 144 valence electrons. The number of hydrazone groups is 1. The van der Waals surface area contributed by atoms with E-state index in [0.717, 1.165) is 0 Å². The lowest BCUT2D eigenvalue weighted by Crippen LogP contribution is -2.27. The monoisotopic (exact) mass is 453 g/mol. The van der Waals surface area contributed by atoms with Crippen LogP contribution in [0.15, 0.2) is 39.2 Å². The molecule has 2 aromatic rings. The highest BCUT2D eigenvalue weighted by atomic mass is 79.9. The van der Waals surface area contributed by atoms with Crippen LogP contribution < -0.4 is 14.9 Å². The van der Waals surface area contributed by atoms with E-state index in [9.17, 15) is 9.59 Å². The van der Waals surface area contributed by atoms with E-state index in [1.165, 1.54) is 22.5 Å². The summed E-state index contributed by atoms with van der Waals surface area (Å²) in [7, 11) is 3.32. The first-order chi connectivity index (χ1) is 12.9. The largest absolute Gasteiger partial charge is 0.490 e. The second kappa shape index (κ2) is 10.1. The number of nitrogens with zero attached hydrogens (tertiary/aromatic N) is 2. The smallest absolute Gasteiger partial charge is 0.281 e. The number of amides is 2. The van der Waals surface area contributed by atoms with Crippen molar-refractivity contribution >= 4 is 45.3 Å². The number of ether oxygens (including phenoxy) is 2. The third-order valence-electron chi connectivity index (χ3n) is 3.30. The van der Waals surface area contributed by atoms with E-state index in [0.29, 0.717) is 33.0 Å². The normalized spacial score (nSPS) is 10.7. The molecule has 0 saturated carbocycles. The lowest BCUT2D eigenvalue weighted by molar-refractivity contribution is -0.130. The molecule has 0 aliphatic heterocycles. The van der Waals surface area contributed by atoms with Crippen LogP contribution in [0.4, 0.5) is 0 Å². The molecule has 2 rings (SSSR count). The van der Waals surface area contributed by atoms with Gasteiger partial charge in [0.2, 0.25) is 0 Å². The maximum absolute atomic E-state index is 11.9. The maximum atomic E-state index is 11.9. The minimum absolute atomic E-state index is 0.101. The summed E-state index contributed by atoms with van der Waals surface area (Å²) in [5.41, 5.74) is 3.17. The number of carbonyl (C=O) groups is 2. The molecule has 2 amide bonds. The predicted octanol–water partition coefficient (Wildman–Crippen LogP) is 3.14. The molecule has 7 nitrogen and oxygen atoms in total. The van der Waals surface area contributed by atoms with Crippen LogP contribution in [0.25, 0.3) is 0 Å². The molecular formula is C18H20BrN3O4S. The summed E-state index contributed by atoms with van der Waals surface area (Å²) in [6.45, 7) is 2.18. The van der Waals surface area contributed by atoms with Gasteiger partial charge in [0, 0.05) is 14.1 Å². The van der Waals surface area contributed by atoms with Gasteiger partial charge in [0.15, 0.2) is 18.1 Å². The Kier molecular flexibility index (Phi) is 7.81. The van der Waals surface area contributed by atoms with Crippen molar-refractivity contribution in [2.45, 2.75) is 6.92 Å². The zero-order valence-corrected chi connectivity index (χ0v) is 17.6. The van der Waals surface area contributed by atoms with Gasteiger partial charge in [0.05, 0.1) is 22.2 Å². The molecule has 0 saturated heterocycles. The molecule has 0 radical (unpaired) electrons. The van der Waals surface area contributed by atoms with Gasteiger partial charge in [-0.05, 0) is 52.0 Å². The van der Waals surface area contributed by atoms with Crippen LogP contribution in [0.5, 0.6) is 11.5 Å². The summed E-state index contributed by atoms with van der Waals surface area (Å²) < 4.78 is 11.8. The highest BCUT2D eigenvalue weighted by molar-refractivity contribution is 9.10. The molecule has 0 spiro atoms. The SMILES string of the molecule is CCOc1cc(C=NNC(=O)c2cccs2)cc(Br)c1OCC(=O)N(C)C. The Morgan fingerprint density at radius 2 is 2.11 bits per heavy atom. The van der Waals surface area contributed by atoms with Gasteiger partial charge in [0.1, 0.15) is 0 Å². The van der Waals surface area contributed by atoms with Crippen LogP contribution in [-0.4, -0.2) is 50.2 Å². The standard InChI is InChI=1S/C18H20BrN3O4S/c1-4-25-14-9-12(10-20-21-18(24)15-6-5-7-27-15)8-13(19)17(14)26-11-16(23)22(2)3/h5-10H,4,11H2,1-3H3,(H,21,24). The molecule has 1 aromatic carbocycles. The summed E-state index contributed by atoms with van der Waals surface area (Å²) in [5, 5.41) is 5.79. The first kappa shape index (κ1) is 20.9. The van der Waals surface area contributed by atoms with Gasteiger partial charge < -0.3 is 14.4 Å². The number of benzene rings is 1. The van der Waals surface area contributed by atoms with Crippen molar-refractivity contribution in [2.75, 3.05) is 27.3 Å². The Morgan fingerprint density at radius 1 is 1.33 bits per heavy atom. The van der Waals surface area contributed by atoms with Crippen molar-refractivity contribution in [1.29, 1.82) is 0 Å². The van der Waals surface area contributed by atoms with E-state index in [1.807, 2.05) is 12.3 Å². The fraction of sp³-hybridized carbons (Fsp3) is 0.278. The molecule has 1 heterocycles. The molecule has 27 heavy (non-hydrogen) atoms. The summed E-state index contributed by atoms with van der Waals surface area (Å²) in [4.78, 5) is 25.7. The van der Waals surface area contributed by atoms with Gasteiger partial charge in [-0.25, -0.2) is 5.43 Å². The Bertz CT molecular complexity index is 822. The number of thiophene rings is 1. The van der Waals surface area contributed by atoms with Crippen LogP contribution in [0.2, 0.25) is 0 Å². The van der Waals surface area contributed by atoms with Crippen molar-refractivity contribution in [2.24, 2.45) is 5.10 Å². The lowest BCUT2D eigenvalue weighted by atomic mass is 10.2. The Balaban J connectivity index is 2.12. The number of carbonyl (C=O) groups excluding carboxylic acids is 2. The summed E-state index contributed by atoms with van der Waals surface area (Å²) in [6.07, 6.45) is 1.51. The summed E-state index contributed by atoms with van der Waals surface area (Å²) in [5.74, 6) is 0.482. The van der Waals surface area contributed by atoms with Crippen molar-refractivity contribution in [3.63, 3.8) is 0 Å². The Hall–Kier alpha value is -2.39. The van der Waals surface area contributed by atoms with Gasteiger partial charge in [-0.15, -0.1) is 11.3 Å². The van der Waals surface area contributed by atoms with Gasteiger partial charge in [-0.1, -0.05) is 6.07 Å². The van der Waals surface area contributed by atoms with Crippen LogP contribution in [-0.2, 0) is 4.79 Å². The van der Waals surface area contributed by atoms with Crippen LogP contribution >= 0.6 is 27.3 Å². The minimum Gasteiger partial charge on any atom is -0.490 e. The van der Waals surface area contributed by atoms with E-state index in [4.69, 9.17) is 9.47 Å². The van der Waals surface area contributed by atoms with Crippen molar-refractivity contribution in [1.82, 2.24) is 10.3 Å². The Labute approximate surface area is 170 Å². The Morgan fingerprint density at radius 3 is 2.74 bits per heavy atom. The lowest BCUT2D eigenvalue weighted by Gasteiger charge is -2.16. The van der Waals surface area contributed by atoms with Crippen LogP contribution in [0.3, 0.4) is 0 Å². The van der Waals surface area contributed by atoms with E-state index >= 15 is 0 Å². The van der Waals surface area contributed by atoms with Crippen LogP contribution in [0.1, 0.15) is 22.2 Å². The third-order valence-corrected chi connectivity index (χ3v) is 4.75. The van der Waals surface area contributed by atoms with Crippen LogP contribution in [0, 0.1) is 0 Å². The fourth-order valence-corrected chi connectivity index (χ4v) is 3.14. The molecule has 1 aromatic heterocycles. The van der Waals surface area contributed by atoms with Gasteiger partial charge >= 0.3 is 0 Å². The average molecular weight is 454 g/mol. The highest BCUT2D eigenvalue weighted by Gasteiger charge is 2.14. The molecule has 0 bridgehead atoms. The third kappa shape index (κ3) is 6.07. The molecule has 1 N–H and O–H groups in total. The second-order valence-electron chi connectivity index (χ2n) is 5.52. The molecule has 0 aliphatic rings. The fourth-order valence-electron chi connectivity index (χ4n) is 1.96. The molecule has 9 heteroatoms. The average Bonchev–Trinajstić information content (AvgIpc) is 3.15. The highest BCUT2D eigenvalue weighted by Crippen LogP contribution is 2.36. The minimum atomic E-state index is -0.271. The van der Waals surface area contributed by atoms with Crippen molar-refractivity contribution in [3.8, 4) is 11.5 Å². The second-order valence-corrected chi connectivity index (χ2v) is 7.32. The number of halogens is 1. The van der Waals surface area contributed by atoms with Crippen molar-refractivity contribution < 1.29 is 19.1 Å². The molecular weight excluding hydrogens is 434 g/mol. The van der Waals surface area contributed by atoms with Gasteiger partial charge in [0.25, 0.3) is 11.8 Å². The first-order valence-corrected chi connectivity index (χ1v) is 9.75. The maximum Gasteiger partial charge on any atom is 0.281 e. The molecule has 0 fully saturated rings. The van der Waals surface area contributed by atoms with Crippen molar-refractivity contribution in [3.05, 3.63) is 44.6 Å². The number of rotatable bonds is 8. The predicted molar refractivity (Wildman–Crippen MR) is 109 cm³/mol. The van der Waals surface area contributed by atoms with E-state index in [1.54, 1.807) is 38.4 Å². The van der Waals surface area contributed by atoms with Gasteiger partial charge in [-0.2, -0.15) is 5.10 Å². The zero-order valence-electron chi connectivity index (χ0n) is 15.2. The number of likely N-dealkylation sites (N-methyl/N-ethyl adjacent to an activating group) is 1. The zero-order chi connectivity index (χ0) is 19.8. The quantitative estimate of drug-likeness (QED) is 0.491. The topological polar surface area (TPSA) is 80.2 Å². The van der Waals surface area contributed by atoms with E-state index in [-0.39, 0.29) is 18.4 Å². The summed E-state index contributed by atoms with van der Waals surface area (Å²) >= 11 is 4.77.